The van der Waals surface area contributed by atoms with Gasteiger partial charge >= 0.3 is 11.9 Å². The molecule has 18 heavy (non-hydrogen) atoms. The number of piperidine rings is 1. The summed E-state index contributed by atoms with van der Waals surface area (Å²) in [6.45, 7) is 7.28. The summed E-state index contributed by atoms with van der Waals surface area (Å²) in [6, 6.07) is -0.456. The van der Waals surface area contributed by atoms with Crippen LogP contribution >= 0.6 is 0 Å². The van der Waals surface area contributed by atoms with Gasteiger partial charge in [0.15, 0.2) is 0 Å². The molecular weight excluding hydrogens is 234 g/mol. The van der Waals surface area contributed by atoms with Crippen LogP contribution in [0.15, 0.2) is 0 Å². The van der Waals surface area contributed by atoms with E-state index in [1.54, 1.807) is 0 Å². The normalized spacial score (nSPS) is 40.4. The number of carboxylic acid groups (broad SMARTS) is 2. The monoisotopic (exact) mass is 257 g/mol. The molecule has 5 nitrogen and oxygen atoms in total. The van der Waals surface area contributed by atoms with E-state index in [0.717, 1.165) is 0 Å². The van der Waals surface area contributed by atoms with E-state index in [4.69, 9.17) is 0 Å². The fourth-order valence-electron chi connectivity index (χ4n) is 3.25. The van der Waals surface area contributed by atoms with Crippen LogP contribution in [-0.4, -0.2) is 34.2 Å². The number of rotatable bonds is 4. The van der Waals surface area contributed by atoms with Gasteiger partial charge in [0.05, 0.1) is 10.8 Å². The van der Waals surface area contributed by atoms with Crippen LogP contribution in [0.3, 0.4) is 0 Å². The van der Waals surface area contributed by atoms with E-state index >= 15 is 0 Å². The van der Waals surface area contributed by atoms with E-state index in [1.807, 2.05) is 27.7 Å². The quantitative estimate of drug-likeness (QED) is 0.714. The van der Waals surface area contributed by atoms with Crippen molar-refractivity contribution in [2.24, 2.45) is 10.8 Å². The molecule has 104 valence electrons. The molecule has 3 N–H and O–H groups in total. The van der Waals surface area contributed by atoms with Crippen LogP contribution in [0.25, 0.3) is 0 Å². The van der Waals surface area contributed by atoms with E-state index in [0.29, 0.717) is 12.8 Å². The minimum atomic E-state index is -0.999. The van der Waals surface area contributed by atoms with Crippen molar-refractivity contribution in [2.75, 3.05) is 0 Å². The molecule has 0 radical (unpaired) electrons. The second kappa shape index (κ2) is 4.88. The second-order valence-corrected chi connectivity index (χ2v) is 5.42. The standard InChI is InChI=1S/C13H23NO4/c1-5-12(10(15)16)7-13(6-2,11(17)18)9(4)14-8(12)3/h8-9,14H,5-7H2,1-4H3,(H,15,16)(H,17,18). The third kappa shape index (κ3) is 1.90. The first kappa shape index (κ1) is 15.0. The lowest BCUT2D eigenvalue weighted by atomic mass is 9.59. The average molecular weight is 257 g/mol. The number of aliphatic carboxylic acids is 2. The second-order valence-electron chi connectivity index (χ2n) is 5.42. The molecule has 0 bridgehead atoms. The van der Waals surface area contributed by atoms with Gasteiger partial charge in [-0.15, -0.1) is 0 Å². The molecule has 0 aromatic carbocycles. The van der Waals surface area contributed by atoms with Gasteiger partial charge in [0.2, 0.25) is 0 Å². The zero-order valence-corrected chi connectivity index (χ0v) is 11.5. The van der Waals surface area contributed by atoms with Gasteiger partial charge < -0.3 is 15.5 Å². The Bertz CT molecular complexity index is 325. The molecular formula is C13H23NO4. The number of hydrogen-bond donors (Lipinski definition) is 3. The van der Waals surface area contributed by atoms with E-state index < -0.39 is 22.8 Å². The molecule has 1 fully saturated rings. The van der Waals surface area contributed by atoms with Crippen molar-refractivity contribution >= 4 is 11.9 Å². The van der Waals surface area contributed by atoms with E-state index in [9.17, 15) is 19.8 Å². The highest BCUT2D eigenvalue weighted by molar-refractivity contribution is 5.81. The maximum atomic E-state index is 11.6. The van der Waals surface area contributed by atoms with Crippen LogP contribution in [0.4, 0.5) is 0 Å². The molecule has 0 aliphatic carbocycles. The fourth-order valence-corrected chi connectivity index (χ4v) is 3.25. The summed E-state index contributed by atoms with van der Waals surface area (Å²) in [4.78, 5) is 23.2. The molecule has 0 amide bonds. The van der Waals surface area contributed by atoms with Crippen molar-refractivity contribution in [3.63, 3.8) is 0 Å². The molecule has 0 saturated carbocycles. The summed E-state index contributed by atoms with van der Waals surface area (Å²) in [5.74, 6) is -1.81. The molecule has 0 aromatic heterocycles. The maximum absolute atomic E-state index is 11.6. The van der Waals surface area contributed by atoms with Gasteiger partial charge in [-0.2, -0.15) is 0 Å². The maximum Gasteiger partial charge on any atom is 0.311 e. The number of nitrogens with one attached hydrogen (secondary N) is 1. The lowest BCUT2D eigenvalue weighted by Crippen LogP contribution is -2.65. The minimum absolute atomic E-state index is 0.188. The van der Waals surface area contributed by atoms with Crippen molar-refractivity contribution in [1.29, 1.82) is 0 Å². The van der Waals surface area contributed by atoms with Crippen molar-refractivity contribution in [1.82, 2.24) is 5.32 Å². The van der Waals surface area contributed by atoms with E-state index in [2.05, 4.69) is 5.32 Å². The van der Waals surface area contributed by atoms with Gasteiger partial charge in [-0.25, -0.2) is 0 Å². The van der Waals surface area contributed by atoms with Gasteiger partial charge in [0, 0.05) is 12.1 Å². The Morgan fingerprint density at radius 3 is 1.61 bits per heavy atom. The Morgan fingerprint density at radius 2 is 1.39 bits per heavy atom. The number of carbonyl (C=O) groups is 2. The molecule has 1 aliphatic heterocycles. The van der Waals surface area contributed by atoms with Gasteiger partial charge in [-0.05, 0) is 33.1 Å². The van der Waals surface area contributed by atoms with Crippen LogP contribution in [0.5, 0.6) is 0 Å². The summed E-state index contributed by atoms with van der Waals surface area (Å²) in [5, 5.41) is 22.2. The summed E-state index contributed by atoms with van der Waals surface area (Å²) in [7, 11) is 0. The van der Waals surface area contributed by atoms with Crippen LogP contribution in [-0.2, 0) is 9.59 Å². The predicted octanol–water partition coefficient (Wildman–Crippen LogP) is 1.72. The summed E-state index contributed by atoms with van der Waals surface area (Å²) >= 11 is 0. The SMILES string of the molecule is CCC1(C(=O)O)CC(CC)(C(=O)O)C(C)NC1C. The highest BCUT2D eigenvalue weighted by Crippen LogP contribution is 2.48. The Balaban J connectivity index is 3.26. The average Bonchev–Trinajstić information content (AvgIpc) is 2.29. The molecule has 5 heteroatoms. The van der Waals surface area contributed by atoms with Crippen molar-refractivity contribution in [2.45, 2.75) is 59.0 Å². The highest BCUT2D eigenvalue weighted by atomic mass is 16.4. The first-order valence-electron chi connectivity index (χ1n) is 6.49. The molecule has 1 aliphatic rings. The number of carboxylic acids is 2. The Labute approximate surface area is 108 Å². The lowest BCUT2D eigenvalue weighted by Gasteiger charge is -2.51. The van der Waals surface area contributed by atoms with Gasteiger partial charge in [-0.3, -0.25) is 9.59 Å². The molecule has 1 heterocycles. The van der Waals surface area contributed by atoms with Gasteiger partial charge in [-0.1, -0.05) is 13.8 Å². The van der Waals surface area contributed by atoms with E-state index in [1.165, 1.54) is 0 Å². The van der Waals surface area contributed by atoms with Crippen LogP contribution < -0.4 is 5.32 Å². The molecule has 4 unspecified atom stereocenters. The van der Waals surface area contributed by atoms with Crippen LogP contribution in [0, 0.1) is 10.8 Å². The topological polar surface area (TPSA) is 86.6 Å². The van der Waals surface area contributed by atoms with Crippen LogP contribution in [0.2, 0.25) is 0 Å². The zero-order chi connectivity index (χ0) is 14.1. The third-order valence-corrected chi connectivity index (χ3v) is 4.90. The van der Waals surface area contributed by atoms with Crippen molar-refractivity contribution < 1.29 is 19.8 Å². The fraction of sp³-hybridized carbons (Fsp3) is 0.846. The highest BCUT2D eigenvalue weighted by Gasteiger charge is 2.57. The molecule has 1 rings (SSSR count). The van der Waals surface area contributed by atoms with Crippen LogP contribution in [0.1, 0.15) is 47.0 Å². The molecule has 0 spiro atoms. The Hall–Kier alpha value is -1.10. The van der Waals surface area contributed by atoms with Crippen molar-refractivity contribution in [3.05, 3.63) is 0 Å². The Kier molecular flexibility index (Phi) is 4.05. The van der Waals surface area contributed by atoms with Gasteiger partial charge in [0.1, 0.15) is 0 Å². The van der Waals surface area contributed by atoms with Gasteiger partial charge in [0.25, 0.3) is 0 Å². The summed E-state index contributed by atoms with van der Waals surface area (Å²) in [6.07, 6.45) is 1.05. The molecule has 4 atom stereocenters. The third-order valence-electron chi connectivity index (χ3n) is 4.90. The predicted molar refractivity (Wildman–Crippen MR) is 67.4 cm³/mol. The zero-order valence-electron chi connectivity index (χ0n) is 11.5. The Morgan fingerprint density at radius 1 is 1.06 bits per heavy atom. The lowest BCUT2D eigenvalue weighted by molar-refractivity contribution is -0.168. The molecule has 0 aromatic rings. The molecule has 1 saturated heterocycles. The first-order chi connectivity index (χ1) is 8.26. The first-order valence-corrected chi connectivity index (χ1v) is 6.49. The summed E-state index contributed by atoms with van der Waals surface area (Å²) in [5.41, 5.74) is -2.00. The van der Waals surface area contributed by atoms with Crippen molar-refractivity contribution in [3.8, 4) is 0 Å². The smallest absolute Gasteiger partial charge is 0.311 e. The van der Waals surface area contributed by atoms with E-state index in [-0.39, 0.29) is 18.5 Å². The largest absolute Gasteiger partial charge is 0.481 e. The number of hydrogen-bond acceptors (Lipinski definition) is 3. The minimum Gasteiger partial charge on any atom is -0.481 e. The summed E-state index contributed by atoms with van der Waals surface area (Å²) < 4.78 is 0.